The molecular formula is C34H31N3O7. The Morgan fingerprint density at radius 3 is 2.20 bits per heavy atom. The summed E-state index contributed by atoms with van der Waals surface area (Å²) in [5.41, 5.74) is 5.98. The minimum atomic E-state index is -0.539. The topological polar surface area (TPSA) is 120 Å². The van der Waals surface area contributed by atoms with Crippen LogP contribution in [0.4, 0.5) is 0 Å². The van der Waals surface area contributed by atoms with Crippen LogP contribution in [0.25, 0.3) is 22.0 Å². The Balaban J connectivity index is 1.39. The highest BCUT2D eigenvalue weighted by atomic mass is 16.6. The van der Waals surface area contributed by atoms with E-state index in [1.165, 1.54) is 6.21 Å². The van der Waals surface area contributed by atoms with E-state index >= 15 is 0 Å². The molecular weight excluding hydrogens is 562 g/mol. The van der Waals surface area contributed by atoms with Crippen LogP contribution < -0.4 is 29.1 Å². The van der Waals surface area contributed by atoms with E-state index in [1.54, 1.807) is 75.9 Å². The fourth-order valence-corrected chi connectivity index (χ4v) is 4.72. The zero-order valence-electron chi connectivity index (χ0n) is 24.7. The SMILES string of the molecule is CCOc1cc(C=NNC(=O)c2[nH]c3c(OC)ccc(OC)c3c2-c2ccccc2)ccc1OC(=O)c1ccc(OC)cc1. The number of nitrogens with zero attached hydrogens (tertiary/aromatic N) is 1. The number of hydrogen-bond acceptors (Lipinski definition) is 8. The van der Waals surface area contributed by atoms with Crippen molar-refractivity contribution in [3.05, 3.63) is 102 Å². The number of aromatic nitrogens is 1. The summed E-state index contributed by atoms with van der Waals surface area (Å²) < 4.78 is 27.6. The molecule has 0 saturated carbocycles. The van der Waals surface area contributed by atoms with Crippen molar-refractivity contribution >= 4 is 29.0 Å². The Bertz CT molecular complexity index is 1810. The Morgan fingerprint density at radius 1 is 0.818 bits per heavy atom. The molecule has 0 aliphatic rings. The molecule has 44 heavy (non-hydrogen) atoms. The van der Waals surface area contributed by atoms with Gasteiger partial charge in [0.15, 0.2) is 11.5 Å². The molecule has 10 heteroatoms. The summed E-state index contributed by atoms with van der Waals surface area (Å²) in [6.07, 6.45) is 1.47. The van der Waals surface area contributed by atoms with Crippen molar-refractivity contribution in [2.45, 2.75) is 6.92 Å². The van der Waals surface area contributed by atoms with Gasteiger partial charge in [-0.2, -0.15) is 5.10 Å². The van der Waals surface area contributed by atoms with Crippen molar-refractivity contribution in [3.63, 3.8) is 0 Å². The summed E-state index contributed by atoms with van der Waals surface area (Å²) in [5, 5.41) is 4.90. The maximum atomic E-state index is 13.5. The van der Waals surface area contributed by atoms with Crippen LogP contribution >= 0.6 is 0 Å². The first-order valence-corrected chi connectivity index (χ1v) is 13.8. The minimum absolute atomic E-state index is 0.252. The zero-order chi connectivity index (χ0) is 31.1. The molecule has 0 spiro atoms. The van der Waals surface area contributed by atoms with Crippen molar-refractivity contribution in [2.24, 2.45) is 5.10 Å². The molecule has 0 fully saturated rings. The zero-order valence-corrected chi connectivity index (χ0v) is 24.7. The quantitative estimate of drug-likeness (QED) is 0.0805. The molecule has 224 valence electrons. The van der Waals surface area contributed by atoms with Gasteiger partial charge in [0, 0.05) is 5.56 Å². The highest BCUT2D eigenvalue weighted by Crippen LogP contribution is 2.42. The van der Waals surface area contributed by atoms with Gasteiger partial charge in [-0.15, -0.1) is 0 Å². The number of fused-ring (bicyclic) bond motifs is 1. The summed E-state index contributed by atoms with van der Waals surface area (Å²) >= 11 is 0. The van der Waals surface area contributed by atoms with Crippen LogP contribution in [0.15, 0.2) is 90.0 Å². The molecule has 2 N–H and O–H groups in total. The number of benzene rings is 4. The van der Waals surface area contributed by atoms with Gasteiger partial charge >= 0.3 is 5.97 Å². The predicted molar refractivity (Wildman–Crippen MR) is 167 cm³/mol. The molecule has 0 aliphatic carbocycles. The first kappa shape index (κ1) is 29.7. The molecule has 0 unspecified atom stereocenters. The fourth-order valence-electron chi connectivity index (χ4n) is 4.72. The van der Waals surface area contributed by atoms with E-state index < -0.39 is 11.9 Å². The van der Waals surface area contributed by atoms with Crippen molar-refractivity contribution < 1.29 is 33.3 Å². The number of carbonyl (C=O) groups excluding carboxylic acids is 2. The van der Waals surface area contributed by atoms with Gasteiger partial charge < -0.3 is 28.7 Å². The number of H-pyrrole nitrogens is 1. The highest BCUT2D eigenvalue weighted by Gasteiger charge is 2.24. The third-order valence-electron chi connectivity index (χ3n) is 6.78. The largest absolute Gasteiger partial charge is 0.497 e. The lowest BCUT2D eigenvalue weighted by Crippen LogP contribution is -2.19. The maximum absolute atomic E-state index is 13.5. The molecule has 0 aliphatic heterocycles. The van der Waals surface area contributed by atoms with Crippen molar-refractivity contribution in [3.8, 4) is 39.9 Å². The summed E-state index contributed by atoms with van der Waals surface area (Å²) in [5.74, 6) is 1.39. The van der Waals surface area contributed by atoms with Gasteiger partial charge in [0.05, 0.1) is 50.6 Å². The Kier molecular flexibility index (Phi) is 9.10. The predicted octanol–water partition coefficient (Wildman–Crippen LogP) is 6.24. The Morgan fingerprint density at radius 2 is 1.52 bits per heavy atom. The lowest BCUT2D eigenvalue weighted by atomic mass is 10.0. The summed E-state index contributed by atoms with van der Waals surface area (Å²) in [4.78, 5) is 29.4. The number of esters is 1. The van der Waals surface area contributed by atoms with Crippen LogP contribution in [-0.4, -0.2) is 51.0 Å². The minimum Gasteiger partial charge on any atom is -0.497 e. The molecule has 5 aromatic rings. The number of hydrazone groups is 1. The van der Waals surface area contributed by atoms with Crippen molar-refractivity contribution in [1.29, 1.82) is 0 Å². The summed E-state index contributed by atoms with van der Waals surface area (Å²) in [6.45, 7) is 2.17. The van der Waals surface area contributed by atoms with Crippen LogP contribution in [0.2, 0.25) is 0 Å². The van der Waals surface area contributed by atoms with E-state index in [9.17, 15) is 9.59 Å². The van der Waals surface area contributed by atoms with Crippen LogP contribution in [0, 0.1) is 0 Å². The van der Waals surface area contributed by atoms with E-state index in [1.807, 2.05) is 37.3 Å². The average Bonchev–Trinajstić information content (AvgIpc) is 3.47. The van der Waals surface area contributed by atoms with Gasteiger partial charge in [-0.1, -0.05) is 30.3 Å². The monoisotopic (exact) mass is 593 g/mol. The molecule has 1 heterocycles. The van der Waals surface area contributed by atoms with Gasteiger partial charge in [-0.3, -0.25) is 4.79 Å². The second-order valence-corrected chi connectivity index (χ2v) is 9.42. The molecule has 0 bridgehead atoms. The number of nitrogens with one attached hydrogen (secondary N) is 2. The number of ether oxygens (including phenoxy) is 5. The highest BCUT2D eigenvalue weighted by molar-refractivity contribution is 6.13. The van der Waals surface area contributed by atoms with E-state index in [0.717, 1.165) is 5.56 Å². The van der Waals surface area contributed by atoms with Gasteiger partial charge in [-0.25, -0.2) is 10.2 Å². The second-order valence-electron chi connectivity index (χ2n) is 9.42. The van der Waals surface area contributed by atoms with Crippen LogP contribution in [0.3, 0.4) is 0 Å². The van der Waals surface area contributed by atoms with E-state index in [2.05, 4.69) is 15.5 Å². The molecule has 10 nitrogen and oxygen atoms in total. The molecule has 1 aromatic heterocycles. The van der Waals surface area contributed by atoms with Crippen LogP contribution in [0.5, 0.6) is 28.7 Å². The second kappa shape index (κ2) is 13.5. The van der Waals surface area contributed by atoms with Gasteiger partial charge in [0.25, 0.3) is 5.91 Å². The number of carbonyl (C=O) groups is 2. The summed E-state index contributed by atoms with van der Waals surface area (Å²) in [7, 11) is 4.70. The third-order valence-corrected chi connectivity index (χ3v) is 6.78. The van der Waals surface area contributed by atoms with Crippen molar-refractivity contribution in [2.75, 3.05) is 27.9 Å². The number of rotatable bonds is 11. The fraction of sp³-hybridized carbons (Fsp3) is 0.147. The first-order valence-electron chi connectivity index (χ1n) is 13.8. The number of aromatic amines is 1. The Hall–Kier alpha value is -5.77. The summed E-state index contributed by atoms with van der Waals surface area (Å²) in [6, 6.07) is 24.7. The smallest absolute Gasteiger partial charge is 0.343 e. The van der Waals surface area contributed by atoms with E-state index in [-0.39, 0.29) is 5.75 Å². The van der Waals surface area contributed by atoms with Gasteiger partial charge in [0.1, 0.15) is 22.9 Å². The lowest BCUT2D eigenvalue weighted by Gasteiger charge is -2.11. The maximum Gasteiger partial charge on any atom is 0.343 e. The van der Waals surface area contributed by atoms with Gasteiger partial charge in [0.2, 0.25) is 0 Å². The molecule has 0 radical (unpaired) electrons. The number of methoxy groups -OCH3 is 3. The standard InChI is InChI=1S/C34H31N3O7/c1-5-43-28-19-21(11-16-25(28)44-34(39)23-12-14-24(40-2)15-13-23)20-35-37-33(38)32-29(22-9-7-6-8-10-22)30-26(41-3)17-18-27(42-4)31(30)36-32/h6-20,36H,5H2,1-4H3,(H,37,38). The van der Waals surface area contributed by atoms with Crippen LogP contribution in [-0.2, 0) is 0 Å². The number of amides is 1. The van der Waals surface area contributed by atoms with Gasteiger partial charge in [-0.05, 0) is 72.6 Å². The normalized spacial score (nSPS) is 10.9. The Labute approximate surface area is 254 Å². The molecule has 0 saturated heterocycles. The molecule has 1 amide bonds. The van der Waals surface area contributed by atoms with E-state index in [0.29, 0.717) is 62.9 Å². The molecule has 4 aromatic carbocycles. The van der Waals surface area contributed by atoms with E-state index in [4.69, 9.17) is 23.7 Å². The van der Waals surface area contributed by atoms with Crippen LogP contribution in [0.1, 0.15) is 33.3 Å². The third kappa shape index (κ3) is 6.19. The lowest BCUT2D eigenvalue weighted by molar-refractivity contribution is 0.0728. The molecule has 0 atom stereocenters. The number of hydrogen-bond donors (Lipinski definition) is 2. The molecule has 5 rings (SSSR count). The first-order chi connectivity index (χ1) is 21.5. The van der Waals surface area contributed by atoms with Crippen molar-refractivity contribution in [1.82, 2.24) is 10.4 Å². The average molecular weight is 594 g/mol.